The highest BCUT2D eigenvalue weighted by Crippen LogP contribution is 2.44. The number of nitrogens with one attached hydrogen (secondary N) is 1. The lowest BCUT2D eigenvalue weighted by Crippen LogP contribution is -2.13. The molecule has 146 valence electrons. The summed E-state index contributed by atoms with van der Waals surface area (Å²) in [5.74, 6) is -0.424. The summed E-state index contributed by atoms with van der Waals surface area (Å²) in [6.07, 6.45) is 0. The fraction of sp³-hybridized carbons (Fsp3) is 0.200. The molecule has 3 aromatic rings. The van der Waals surface area contributed by atoms with E-state index in [0.717, 1.165) is 0 Å². The van der Waals surface area contributed by atoms with Crippen LogP contribution in [0.2, 0.25) is 0 Å². The van der Waals surface area contributed by atoms with Crippen molar-refractivity contribution in [2.45, 2.75) is 0 Å². The van der Waals surface area contributed by atoms with Crippen molar-refractivity contribution in [1.29, 1.82) is 0 Å². The van der Waals surface area contributed by atoms with Gasteiger partial charge in [0.25, 0.3) is 0 Å². The largest absolute Gasteiger partial charge is 0.493 e. The second kappa shape index (κ2) is 7.51. The van der Waals surface area contributed by atoms with Crippen molar-refractivity contribution in [3.05, 3.63) is 47.2 Å². The molecule has 1 heterocycles. The van der Waals surface area contributed by atoms with Crippen LogP contribution in [-0.4, -0.2) is 45.2 Å². The number of aromatic nitrogens is 1. The lowest BCUT2D eigenvalue weighted by Gasteiger charge is -2.17. The molecule has 0 amide bonds. The summed E-state index contributed by atoms with van der Waals surface area (Å²) in [6, 6.07) is 8.52. The van der Waals surface area contributed by atoms with E-state index in [0.29, 0.717) is 10.9 Å². The van der Waals surface area contributed by atoms with Crippen LogP contribution in [0.3, 0.4) is 0 Å². The molecule has 0 fully saturated rings. The maximum atomic E-state index is 13.5. The van der Waals surface area contributed by atoms with Crippen molar-refractivity contribution in [1.82, 2.24) is 4.98 Å². The number of fused-ring (bicyclic) bond motifs is 1. The van der Waals surface area contributed by atoms with E-state index >= 15 is 0 Å². The number of benzene rings is 2. The number of carbonyl (C=O) groups is 2. The zero-order valence-corrected chi connectivity index (χ0v) is 15.9. The second-order valence-electron chi connectivity index (χ2n) is 5.85. The number of nitrogens with two attached hydrogens (primary N) is 1. The molecule has 0 bridgehead atoms. The molecule has 3 N–H and O–H groups in total. The number of rotatable bonds is 6. The predicted octanol–water partition coefficient (Wildman–Crippen LogP) is 2.79. The Morgan fingerprint density at radius 2 is 1.64 bits per heavy atom. The average molecular weight is 384 g/mol. The van der Waals surface area contributed by atoms with E-state index in [9.17, 15) is 9.59 Å². The molecule has 0 aliphatic rings. The highest BCUT2D eigenvalue weighted by atomic mass is 16.5. The first-order valence-electron chi connectivity index (χ1n) is 8.30. The summed E-state index contributed by atoms with van der Waals surface area (Å²) >= 11 is 0. The van der Waals surface area contributed by atoms with Crippen LogP contribution in [0, 0.1) is 0 Å². The Bertz CT molecular complexity index is 1070. The number of methoxy groups -OCH3 is 4. The number of ether oxygens (including phenoxy) is 4. The van der Waals surface area contributed by atoms with Crippen LogP contribution in [0.5, 0.6) is 17.2 Å². The van der Waals surface area contributed by atoms with Gasteiger partial charge in [0.2, 0.25) is 5.75 Å². The minimum Gasteiger partial charge on any atom is -0.493 e. The molecule has 0 aliphatic carbocycles. The zero-order valence-electron chi connectivity index (χ0n) is 15.9. The number of hydrogen-bond acceptors (Lipinski definition) is 7. The number of ketones is 1. The minimum absolute atomic E-state index is 0.0434. The molecule has 28 heavy (non-hydrogen) atoms. The molecule has 1 aromatic heterocycles. The zero-order chi connectivity index (χ0) is 20.4. The highest BCUT2D eigenvalue weighted by molar-refractivity contribution is 6.23. The normalized spacial score (nSPS) is 10.6. The number of para-hydroxylation sites is 1. The quantitative estimate of drug-likeness (QED) is 0.382. The first kappa shape index (κ1) is 19.1. The topological polar surface area (TPSA) is 113 Å². The molecule has 0 radical (unpaired) electrons. The Hall–Kier alpha value is -3.68. The summed E-state index contributed by atoms with van der Waals surface area (Å²) in [4.78, 5) is 28.7. The smallest absolute Gasteiger partial charge is 0.355 e. The van der Waals surface area contributed by atoms with Crippen molar-refractivity contribution in [2.24, 2.45) is 0 Å². The molecule has 2 aromatic carbocycles. The average Bonchev–Trinajstić information content (AvgIpc) is 3.11. The first-order valence-corrected chi connectivity index (χ1v) is 8.30. The summed E-state index contributed by atoms with van der Waals surface area (Å²) in [5.41, 5.74) is 7.21. The van der Waals surface area contributed by atoms with Crippen LogP contribution in [0.1, 0.15) is 26.4 Å². The number of nitrogen functional groups attached to an aromatic ring is 1. The third kappa shape index (κ3) is 2.88. The molecule has 0 aliphatic heterocycles. The molecule has 0 saturated carbocycles. The number of esters is 1. The molecule has 3 rings (SSSR count). The number of anilines is 1. The molecule has 0 atom stereocenters. The van der Waals surface area contributed by atoms with Gasteiger partial charge in [-0.1, -0.05) is 18.2 Å². The first-order chi connectivity index (χ1) is 13.5. The van der Waals surface area contributed by atoms with Crippen molar-refractivity contribution in [3.63, 3.8) is 0 Å². The molecule has 0 unspecified atom stereocenters. The molecule has 0 saturated heterocycles. The minimum atomic E-state index is -0.662. The van der Waals surface area contributed by atoms with Crippen molar-refractivity contribution < 1.29 is 28.5 Å². The van der Waals surface area contributed by atoms with E-state index in [1.165, 1.54) is 34.5 Å². The van der Waals surface area contributed by atoms with Gasteiger partial charge < -0.3 is 29.7 Å². The Balaban J connectivity index is 2.30. The van der Waals surface area contributed by atoms with Gasteiger partial charge in [-0.25, -0.2) is 4.79 Å². The van der Waals surface area contributed by atoms with E-state index in [4.69, 9.17) is 24.7 Å². The summed E-state index contributed by atoms with van der Waals surface area (Å²) in [6.45, 7) is 0. The predicted molar refractivity (Wildman–Crippen MR) is 104 cm³/mol. The molecule has 8 heteroatoms. The van der Waals surface area contributed by atoms with Gasteiger partial charge in [0.1, 0.15) is 5.69 Å². The van der Waals surface area contributed by atoms with E-state index in [1.54, 1.807) is 24.3 Å². The lowest BCUT2D eigenvalue weighted by atomic mass is 9.97. The summed E-state index contributed by atoms with van der Waals surface area (Å²) in [7, 11) is 5.53. The van der Waals surface area contributed by atoms with Crippen LogP contribution < -0.4 is 19.9 Å². The van der Waals surface area contributed by atoms with Crippen LogP contribution in [0.25, 0.3) is 10.9 Å². The van der Waals surface area contributed by atoms with Gasteiger partial charge in [-0.3, -0.25) is 4.79 Å². The Kier molecular flexibility index (Phi) is 5.12. The summed E-state index contributed by atoms with van der Waals surface area (Å²) < 4.78 is 20.8. The van der Waals surface area contributed by atoms with E-state index < -0.39 is 11.8 Å². The Morgan fingerprint density at radius 1 is 0.964 bits per heavy atom. The number of H-pyrrole nitrogens is 1. The molecular weight excluding hydrogens is 364 g/mol. The van der Waals surface area contributed by atoms with Gasteiger partial charge >= 0.3 is 5.97 Å². The van der Waals surface area contributed by atoms with Gasteiger partial charge in [0.05, 0.1) is 45.3 Å². The third-order valence-electron chi connectivity index (χ3n) is 4.44. The monoisotopic (exact) mass is 384 g/mol. The Morgan fingerprint density at radius 3 is 2.25 bits per heavy atom. The van der Waals surface area contributed by atoms with Gasteiger partial charge in [-0.2, -0.15) is 0 Å². The second-order valence-corrected chi connectivity index (χ2v) is 5.85. The fourth-order valence-corrected chi connectivity index (χ4v) is 3.13. The Labute approximate surface area is 161 Å². The van der Waals surface area contributed by atoms with Crippen LogP contribution in [0.4, 0.5) is 5.69 Å². The van der Waals surface area contributed by atoms with Crippen LogP contribution in [-0.2, 0) is 4.74 Å². The maximum absolute atomic E-state index is 13.5. The van der Waals surface area contributed by atoms with E-state index in [2.05, 4.69) is 4.98 Å². The van der Waals surface area contributed by atoms with Crippen LogP contribution in [0.15, 0.2) is 30.3 Å². The van der Waals surface area contributed by atoms with Crippen LogP contribution >= 0.6 is 0 Å². The van der Waals surface area contributed by atoms with Gasteiger partial charge in [0.15, 0.2) is 17.3 Å². The lowest BCUT2D eigenvalue weighted by molar-refractivity contribution is 0.0592. The van der Waals surface area contributed by atoms with Gasteiger partial charge in [0, 0.05) is 10.9 Å². The SMILES string of the molecule is COC(=O)c1[nH]c2ccccc2c1C(=O)c1cc(OC)c(OC)c(OC)c1N. The number of carbonyl (C=O) groups excluding carboxylic acids is 2. The van der Waals surface area contributed by atoms with Crippen molar-refractivity contribution >= 4 is 28.3 Å². The highest BCUT2D eigenvalue weighted by Gasteiger charge is 2.29. The maximum Gasteiger partial charge on any atom is 0.355 e. The van der Waals surface area contributed by atoms with E-state index in [-0.39, 0.29) is 39.8 Å². The standard InChI is InChI=1S/C20H20N2O6/c1-25-13-9-11(15(21)19(27-3)18(13)26-2)17(23)14-10-7-5-6-8-12(10)22-16(14)20(24)28-4/h5-9,22H,21H2,1-4H3. The van der Waals surface area contributed by atoms with Gasteiger partial charge in [-0.05, 0) is 12.1 Å². The molecule has 8 nitrogen and oxygen atoms in total. The third-order valence-corrected chi connectivity index (χ3v) is 4.44. The molecular formula is C20H20N2O6. The molecule has 0 spiro atoms. The van der Waals surface area contributed by atoms with Crippen molar-refractivity contribution in [3.8, 4) is 17.2 Å². The number of aromatic amines is 1. The van der Waals surface area contributed by atoms with Crippen molar-refractivity contribution in [2.75, 3.05) is 34.2 Å². The van der Waals surface area contributed by atoms with E-state index in [1.807, 2.05) is 0 Å². The summed E-state index contributed by atoms with van der Waals surface area (Å²) in [5, 5.41) is 0.570. The fourth-order valence-electron chi connectivity index (χ4n) is 3.13. The number of hydrogen-bond donors (Lipinski definition) is 2. The van der Waals surface area contributed by atoms with Gasteiger partial charge in [-0.15, -0.1) is 0 Å².